The topological polar surface area (TPSA) is 65.2 Å². The first-order chi connectivity index (χ1) is 9.69. The average Bonchev–Trinajstić information content (AvgIpc) is 2.48. The number of halogens is 1. The minimum atomic E-state index is -0.313. The molecule has 0 heterocycles. The number of hydrogen-bond donors (Lipinski definition) is 1. The molecule has 0 atom stereocenters. The van der Waals surface area contributed by atoms with Crippen LogP contribution in [0.3, 0.4) is 0 Å². The molecule has 4 nitrogen and oxygen atoms in total. The summed E-state index contributed by atoms with van der Waals surface area (Å²) in [5.41, 5.74) is 4.26. The molecule has 0 radical (unpaired) electrons. The fraction of sp³-hybridized carbons (Fsp3) is 0. The molecule has 0 aromatic heterocycles. The van der Waals surface area contributed by atoms with E-state index < -0.39 is 0 Å². The lowest BCUT2D eigenvalue weighted by Crippen LogP contribution is -2.17. The van der Waals surface area contributed by atoms with Crippen LogP contribution < -0.4 is 5.43 Å². The molecule has 0 saturated heterocycles. The molecule has 0 spiro atoms. The van der Waals surface area contributed by atoms with Gasteiger partial charge in [-0.3, -0.25) is 4.79 Å². The molecular weight excluding hydrogens is 274 g/mol. The van der Waals surface area contributed by atoms with Gasteiger partial charge in [0.25, 0.3) is 5.91 Å². The fourth-order valence-electron chi connectivity index (χ4n) is 1.47. The number of rotatable bonds is 3. The van der Waals surface area contributed by atoms with Crippen LogP contribution in [0.4, 0.5) is 0 Å². The maximum absolute atomic E-state index is 11.7. The first kappa shape index (κ1) is 13.8. The third-order valence-electron chi connectivity index (χ3n) is 2.53. The molecule has 0 unspecified atom stereocenters. The van der Waals surface area contributed by atoms with Crippen LogP contribution in [-0.4, -0.2) is 12.1 Å². The van der Waals surface area contributed by atoms with Gasteiger partial charge in [-0.1, -0.05) is 23.7 Å². The lowest BCUT2D eigenvalue weighted by atomic mass is 10.2. The second kappa shape index (κ2) is 6.50. The van der Waals surface area contributed by atoms with Crippen molar-refractivity contribution in [3.05, 3.63) is 70.2 Å². The largest absolute Gasteiger partial charge is 0.271 e. The molecule has 2 aromatic carbocycles. The zero-order chi connectivity index (χ0) is 14.4. The van der Waals surface area contributed by atoms with Gasteiger partial charge in [-0.05, 0) is 42.0 Å². The van der Waals surface area contributed by atoms with Crippen LogP contribution in [0.5, 0.6) is 0 Å². The van der Waals surface area contributed by atoms with Gasteiger partial charge in [-0.2, -0.15) is 10.4 Å². The van der Waals surface area contributed by atoms with Crippen LogP contribution in [-0.2, 0) is 0 Å². The van der Waals surface area contributed by atoms with Gasteiger partial charge in [0.2, 0.25) is 0 Å². The smallest absolute Gasteiger partial charge is 0.267 e. The van der Waals surface area contributed by atoms with Crippen molar-refractivity contribution in [3.8, 4) is 6.07 Å². The predicted molar refractivity (Wildman–Crippen MR) is 77.7 cm³/mol. The maximum atomic E-state index is 11.7. The molecule has 98 valence electrons. The maximum Gasteiger partial charge on any atom is 0.271 e. The number of nitrogens with one attached hydrogen (secondary N) is 1. The molecule has 0 aliphatic rings. The van der Waals surface area contributed by atoms with Gasteiger partial charge in [0.1, 0.15) is 0 Å². The normalized spacial score (nSPS) is 10.2. The predicted octanol–water partition coefficient (Wildman–Crippen LogP) is 2.98. The highest BCUT2D eigenvalue weighted by Crippen LogP contribution is 2.09. The summed E-state index contributed by atoms with van der Waals surface area (Å²) in [5.74, 6) is -0.313. The number of amides is 1. The van der Waals surface area contributed by atoms with Gasteiger partial charge in [0, 0.05) is 10.6 Å². The van der Waals surface area contributed by atoms with E-state index in [-0.39, 0.29) is 5.91 Å². The number of nitrogens with zero attached hydrogens (tertiary/aromatic N) is 2. The van der Waals surface area contributed by atoms with Crippen molar-refractivity contribution in [3.63, 3.8) is 0 Å². The van der Waals surface area contributed by atoms with Gasteiger partial charge in [0.15, 0.2) is 0 Å². The number of carbonyl (C=O) groups excluding carboxylic acids is 1. The molecular formula is C15H10ClN3O. The van der Waals surface area contributed by atoms with Crippen molar-refractivity contribution in [1.82, 2.24) is 5.43 Å². The number of nitriles is 1. The van der Waals surface area contributed by atoms with Crippen molar-refractivity contribution in [2.24, 2.45) is 5.10 Å². The van der Waals surface area contributed by atoms with E-state index in [4.69, 9.17) is 16.9 Å². The molecule has 0 aliphatic carbocycles. The third kappa shape index (κ3) is 3.67. The van der Waals surface area contributed by atoms with E-state index in [9.17, 15) is 4.79 Å². The molecule has 20 heavy (non-hydrogen) atoms. The number of hydrazone groups is 1. The Morgan fingerprint density at radius 3 is 2.40 bits per heavy atom. The first-order valence-electron chi connectivity index (χ1n) is 5.78. The Hall–Kier alpha value is -2.64. The Bertz CT molecular complexity index is 670. The summed E-state index contributed by atoms with van der Waals surface area (Å²) in [6.07, 6.45) is 1.51. The molecule has 2 rings (SSSR count). The molecule has 5 heteroatoms. The Morgan fingerprint density at radius 2 is 1.80 bits per heavy atom. The van der Waals surface area contributed by atoms with E-state index in [0.717, 1.165) is 5.56 Å². The van der Waals surface area contributed by atoms with Crippen LogP contribution in [0.15, 0.2) is 53.6 Å². The van der Waals surface area contributed by atoms with Crippen molar-refractivity contribution < 1.29 is 4.79 Å². The van der Waals surface area contributed by atoms with E-state index in [1.165, 1.54) is 6.21 Å². The van der Waals surface area contributed by atoms with E-state index in [1.807, 2.05) is 6.07 Å². The summed E-state index contributed by atoms with van der Waals surface area (Å²) >= 11 is 5.74. The third-order valence-corrected chi connectivity index (χ3v) is 2.78. The minimum absolute atomic E-state index is 0.313. The van der Waals surface area contributed by atoms with Crippen LogP contribution in [0.2, 0.25) is 5.02 Å². The molecule has 1 N–H and O–H groups in total. The van der Waals surface area contributed by atoms with E-state index in [1.54, 1.807) is 48.5 Å². The summed E-state index contributed by atoms with van der Waals surface area (Å²) < 4.78 is 0. The zero-order valence-electron chi connectivity index (χ0n) is 10.4. The van der Waals surface area contributed by atoms with E-state index >= 15 is 0 Å². The zero-order valence-corrected chi connectivity index (χ0v) is 11.1. The fourth-order valence-corrected chi connectivity index (χ4v) is 1.60. The molecule has 2 aromatic rings. The van der Waals surface area contributed by atoms with Gasteiger partial charge < -0.3 is 0 Å². The minimum Gasteiger partial charge on any atom is -0.267 e. The second-order valence-electron chi connectivity index (χ2n) is 3.94. The molecule has 0 aliphatic heterocycles. The Labute approximate surface area is 121 Å². The van der Waals surface area contributed by atoms with E-state index in [2.05, 4.69) is 10.5 Å². The highest BCUT2D eigenvalue weighted by molar-refractivity contribution is 6.30. The highest BCUT2D eigenvalue weighted by Gasteiger charge is 2.02. The monoisotopic (exact) mass is 283 g/mol. The molecule has 1 amide bonds. The Kier molecular flexibility index (Phi) is 4.48. The lowest BCUT2D eigenvalue weighted by Gasteiger charge is -1.99. The van der Waals surface area contributed by atoms with Crippen LogP contribution >= 0.6 is 11.6 Å². The average molecular weight is 284 g/mol. The lowest BCUT2D eigenvalue weighted by molar-refractivity contribution is 0.0955. The van der Waals surface area contributed by atoms with Crippen LogP contribution in [0.25, 0.3) is 0 Å². The van der Waals surface area contributed by atoms with Crippen LogP contribution in [0, 0.1) is 11.3 Å². The first-order valence-corrected chi connectivity index (χ1v) is 6.16. The summed E-state index contributed by atoms with van der Waals surface area (Å²) in [6, 6.07) is 15.4. The summed E-state index contributed by atoms with van der Waals surface area (Å²) in [4.78, 5) is 11.7. The van der Waals surface area contributed by atoms with E-state index in [0.29, 0.717) is 16.1 Å². The highest BCUT2D eigenvalue weighted by atomic mass is 35.5. The van der Waals surface area contributed by atoms with Crippen LogP contribution in [0.1, 0.15) is 21.5 Å². The van der Waals surface area contributed by atoms with Crippen molar-refractivity contribution in [2.45, 2.75) is 0 Å². The SMILES string of the molecule is N#Cc1ccc(C=NNC(=O)c2ccc(Cl)cc2)cc1. The molecule has 0 fully saturated rings. The van der Waals surface area contributed by atoms with Gasteiger partial charge in [-0.25, -0.2) is 5.43 Å². The standard InChI is InChI=1S/C15H10ClN3O/c16-14-7-5-13(6-8-14)15(20)19-18-10-12-3-1-11(9-17)2-4-12/h1-8,10H,(H,19,20). The Morgan fingerprint density at radius 1 is 1.15 bits per heavy atom. The summed E-state index contributed by atoms with van der Waals surface area (Å²) in [6.45, 7) is 0. The van der Waals surface area contributed by atoms with Gasteiger partial charge in [-0.15, -0.1) is 0 Å². The van der Waals surface area contributed by atoms with Gasteiger partial charge in [0.05, 0.1) is 17.8 Å². The number of hydrogen-bond acceptors (Lipinski definition) is 3. The number of carbonyl (C=O) groups is 1. The van der Waals surface area contributed by atoms with Crippen molar-refractivity contribution in [2.75, 3.05) is 0 Å². The van der Waals surface area contributed by atoms with Gasteiger partial charge >= 0.3 is 0 Å². The summed E-state index contributed by atoms with van der Waals surface area (Å²) in [7, 11) is 0. The Balaban J connectivity index is 1.97. The van der Waals surface area contributed by atoms with Crippen molar-refractivity contribution in [1.29, 1.82) is 5.26 Å². The number of benzene rings is 2. The second-order valence-corrected chi connectivity index (χ2v) is 4.38. The summed E-state index contributed by atoms with van der Waals surface area (Å²) in [5, 5.41) is 13.1. The molecule has 0 saturated carbocycles. The quantitative estimate of drug-likeness (QED) is 0.695. The van der Waals surface area contributed by atoms with Crippen molar-refractivity contribution >= 4 is 23.7 Å². The molecule has 0 bridgehead atoms.